The number of rotatable bonds is 0. The fraction of sp³-hybridized carbons (Fsp3) is 1.00. The molecular weight excluding hydrogens is 95.8 g/mol. The van der Waals surface area contributed by atoms with Gasteiger partial charge >= 0.3 is 7.48 Å². The van der Waals surface area contributed by atoms with Crippen LogP contribution in [0.15, 0.2) is 0 Å². The van der Waals surface area contributed by atoms with E-state index < -0.39 is 0 Å². The van der Waals surface area contributed by atoms with Gasteiger partial charge in [0.15, 0.2) is 0 Å². The summed E-state index contributed by atoms with van der Waals surface area (Å²) in [7, 11) is 2.59. The van der Waals surface area contributed by atoms with E-state index in [1.54, 1.807) is 7.48 Å². The summed E-state index contributed by atoms with van der Waals surface area (Å²) in [6.45, 7) is 0. The highest BCUT2D eigenvalue weighted by Crippen LogP contribution is 2.08. The highest BCUT2D eigenvalue weighted by Gasteiger charge is 1.97. The van der Waals surface area contributed by atoms with E-state index in [-0.39, 0.29) is 0 Å². The predicted octanol–water partition coefficient (Wildman–Crippen LogP) is 0.152. The molecule has 1 rings (SSSR count). The first-order chi connectivity index (χ1) is 3.00. The van der Waals surface area contributed by atoms with Gasteiger partial charge in [0.1, 0.15) is 0 Å². The van der Waals surface area contributed by atoms with Gasteiger partial charge in [-0.1, -0.05) is 0 Å². The van der Waals surface area contributed by atoms with Crippen molar-refractivity contribution < 1.29 is 4.76 Å². The molecule has 1 radical (unpaired) electrons. The minimum Gasteiger partial charge on any atom is -0.366 e. The molecule has 0 spiro atoms. The summed E-state index contributed by atoms with van der Waals surface area (Å²) in [6, 6.07) is 0. The van der Waals surface area contributed by atoms with Gasteiger partial charge in [-0.2, -0.15) is 0 Å². The molecule has 4 heteroatoms. The topological polar surface area (TPSA) is 21.3 Å². The molecule has 0 aromatic carbocycles. The van der Waals surface area contributed by atoms with Gasteiger partial charge in [-0.05, 0) is 21.2 Å². The lowest BCUT2D eigenvalue weighted by molar-refractivity contribution is 0.293. The molecule has 0 aliphatic carbocycles. The lowest BCUT2D eigenvalue weighted by Crippen LogP contribution is -2.14. The van der Waals surface area contributed by atoms with Crippen molar-refractivity contribution in [1.82, 2.24) is 5.25 Å². The van der Waals surface area contributed by atoms with Gasteiger partial charge < -0.3 is 4.76 Å². The van der Waals surface area contributed by atoms with Crippen LogP contribution < -0.4 is 5.25 Å². The molecule has 1 unspecified atom stereocenters. The van der Waals surface area contributed by atoms with Gasteiger partial charge in [-0.25, -0.2) is 5.25 Å². The van der Waals surface area contributed by atoms with Gasteiger partial charge in [-0.15, -0.1) is 0 Å². The van der Waals surface area contributed by atoms with E-state index >= 15 is 0 Å². The van der Waals surface area contributed by atoms with Crippen LogP contribution in [0.4, 0.5) is 0 Å². The molecule has 1 N–H and O–H groups in total. The fourth-order valence-electron chi connectivity index (χ4n) is 0.324. The summed E-state index contributed by atoms with van der Waals surface area (Å²) in [5.41, 5.74) is 0. The largest absolute Gasteiger partial charge is 0.366 e. The van der Waals surface area contributed by atoms with Gasteiger partial charge in [0.2, 0.25) is 0 Å². The molecule has 1 aliphatic heterocycles. The molecule has 33 valence electrons. The maximum Gasteiger partial charge on any atom is 0.325 e. The first kappa shape index (κ1) is 4.57. The monoisotopic (exact) mass is 102 g/mol. The summed E-state index contributed by atoms with van der Waals surface area (Å²) in [4.78, 5) is 0. The summed E-state index contributed by atoms with van der Waals surface area (Å²) in [5.74, 6) is 0. The van der Waals surface area contributed by atoms with Gasteiger partial charge in [-0.3, -0.25) is 0 Å². The predicted molar refractivity (Wildman–Crippen MR) is 28.0 cm³/mol. The first-order valence-corrected chi connectivity index (χ1v) is 3.16. The maximum atomic E-state index is 4.71. The van der Waals surface area contributed by atoms with Crippen LogP contribution in [-0.2, 0) is 4.76 Å². The molecule has 1 aliphatic rings. The molecule has 1 atom stereocenters. The Morgan fingerprint density at radius 2 is 2.83 bits per heavy atom. The average molecular weight is 102 g/mol. The van der Waals surface area contributed by atoms with E-state index in [9.17, 15) is 0 Å². The molecule has 0 aromatic heterocycles. The summed E-state index contributed by atoms with van der Waals surface area (Å²) >= 11 is 0. The minimum atomic E-state index is 0.798. The zero-order valence-electron chi connectivity index (χ0n) is 3.40. The normalized spacial score (nSPS) is 26.7. The Morgan fingerprint density at radius 1 is 1.83 bits per heavy atom. The Hall–Kier alpha value is 0.415. The Balaban J connectivity index is 2.00. The van der Waals surface area contributed by atoms with E-state index in [4.69, 9.17) is 4.76 Å². The minimum absolute atomic E-state index is 0.798. The van der Waals surface area contributed by atoms with Crippen molar-refractivity contribution in [2.45, 2.75) is 6.32 Å². The van der Waals surface area contributed by atoms with Crippen molar-refractivity contribution in [2.75, 3.05) is 6.16 Å². The molecule has 2 nitrogen and oxygen atoms in total. The molecule has 1 fully saturated rings. The Kier molecular flexibility index (Phi) is 1.95. The molecule has 0 saturated carbocycles. The van der Waals surface area contributed by atoms with Crippen LogP contribution in [0.3, 0.4) is 0 Å². The van der Waals surface area contributed by atoms with Crippen LogP contribution in [0.5, 0.6) is 0 Å². The van der Waals surface area contributed by atoms with E-state index in [1.165, 1.54) is 6.16 Å². The summed E-state index contributed by atoms with van der Waals surface area (Å²) < 4.78 is 4.71. The van der Waals surface area contributed by atoms with Gasteiger partial charge in [0.25, 0.3) is 0 Å². The Bertz CT molecular complexity index is 29.0. The zero-order chi connectivity index (χ0) is 4.24. The summed E-state index contributed by atoms with van der Waals surface area (Å²) in [5, 5.41) is 2.76. The highest BCUT2D eigenvalue weighted by molar-refractivity contribution is 7.35. The maximum absolute atomic E-state index is 4.71. The van der Waals surface area contributed by atoms with Crippen molar-refractivity contribution in [3.05, 3.63) is 0 Å². The van der Waals surface area contributed by atoms with Gasteiger partial charge in [0, 0.05) is 0 Å². The quantitative estimate of drug-likeness (QED) is 0.347. The Morgan fingerprint density at radius 3 is 3.00 bits per heavy atom. The van der Waals surface area contributed by atoms with Crippen molar-refractivity contribution in [3.8, 4) is 0 Å². The van der Waals surface area contributed by atoms with Crippen LogP contribution in [0.1, 0.15) is 0 Å². The SMILES string of the molecule is [B]1CCPNO1. The molecule has 0 aromatic rings. The third kappa shape index (κ3) is 1.25. The second kappa shape index (κ2) is 2.56. The molecule has 0 amide bonds. The van der Waals surface area contributed by atoms with E-state index in [0.717, 1.165) is 15.1 Å². The first-order valence-electron chi connectivity index (χ1n) is 1.95. The summed E-state index contributed by atoms with van der Waals surface area (Å²) in [6.07, 6.45) is 2.34. The van der Waals surface area contributed by atoms with Gasteiger partial charge in [0.05, 0.1) is 0 Å². The Labute approximate surface area is 39.7 Å². The zero-order valence-corrected chi connectivity index (χ0v) is 4.40. The second-order valence-corrected chi connectivity index (χ2v) is 2.16. The highest BCUT2D eigenvalue weighted by atomic mass is 31.1. The number of hydrogen-bond acceptors (Lipinski definition) is 2. The molecular formula is C2H6BNOP. The third-order valence-electron chi connectivity index (χ3n) is 0.602. The van der Waals surface area contributed by atoms with Crippen molar-refractivity contribution >= 4 is 16.2 Å². The molecule has 0 bridgehead atoms. The third-order valence-corrected chi connectivity index (χ3v) is 1.40. The van der Waals surface area contributed by atoms with E-state index in [1.807, 2.05) is 0 Å². The standard InChI is InChI=1S/C2H6BNOP/c1-2-6-4-5-3-1/h4,6H,1-2H2. The van der Waals surface area contributed by atoms with Crippen molar-refractivity contribution in [2.24, 2.45) is 0 Å². The average Bonchev–Trinajstić information content (AvgIpc) is 1.72. The van der Waals surface area contributed by atoms with E-state index in [0.29, 0.717) is 0 Å². The van der Waals surface area contributed by atoms with Crippen LogP contribution in [-0.4, -0.2) is 13.6 Å². The van der Waals surface area contributed by atoms with Crippen molar-refractivity contribution in [3.63, 3.8) is 0 Å². The molecule has 1 saturated heterocycles. The lowest BCUT2D eigenvalue weighted by Gasteiger charge is -2.08. The van der Waals surface area contributed by atoms with Crippen LogP contribution in [0.25, 0.3) is 0 Å². The number of nitrogens with one attached hydrogen (secondary N) is 1. The second-order valence-electron chi connectivity index (χ2n) is 1.10. The smallest absolute Gasteiger partial charge is 0.325 e. The fourth-order valence-corrected chi connectivity index (χ4v) is 0.855. The number of hydrogen-bond donors (Lipinski definition) is 1. The van der Waals surface area contributed by atoms with E-state index in [2.05, 4.69) is 5.25 Å². The van der Waals surface area contributed by atoms with Crippen LogP contribution >= 0.6 is 8.73 Å². The molecule has 1 heterocycles. The molecule has 6 heavy (non-hydrogen) atoms. The van der Waals surface area contributed by atoms with Crippen LogP contribution in [0.2, 0.25) is 6.32 Å². The van der Waals surface area contributed by atoms with Crippen LogP contribution in [0, 0.1) is 0 Å². The lowest BCUT2D eigenvalue weighted by atomic mass is 9.98. The van der Waals surface area contributed by atoms with Crippen molar-refractivity contribution in [1.29, 1.82) is 0 Å².